The maximum Gasteiger partial charge on any atom is 0.310 e. The van der Waals surface area contributed by atoms with Crippen LogP contribution in [0.4, 0.5) is 5.69 Å². The maximum absolute atomic E-state index is 14.1. The lowest BCUT2D eigenvalue weighted by Gasteiger charge is -2.24. The molecule has 7 nitrogen and oxygen atoms in total. The zero-order chi connectivity index (χ0) is 28.2. The Morgan fingerprint density at radius 1 is 0.949 bits per heavy atom. The van der Waals surface area contributed by atoms with E-state index in [1.54, 1.807) is 31.5 Å². The van der Waals surface area contributed by atoms with Crippen molar-refractivity contribution in [1.29, 1.82) is 0 Å². The number of anilines is 1. The van der Waals surface area contributed by atoms with E-state index in [9.17, 15) is 13.2 Å². The van der Waals surface area contributed by atoms with E-state index >= 15 is 0 Å². The van der Waals surface area contributed by atoms with Gasteiger partial charge in [0.15, 0.2) is 0 Å². The summed E-state index contributed by atoms with van der Waals surface area (Å²) >= 11 is 0. The van der Waals surface area contributed by atoms with Gasteiger partial charge in [-0.1, -0.05) is 55.0 Å². The second-order valence-corrected chi connectivity index (χ2v) is 11.6. The highest BCUT2D eigenvalue weighted by Crippen LogP contribution is 2.33. The second-order valence-electron chi connectivity index (χ2n) is 9.68. The number of carbonyl (C=O) groups is 1. The first kappa shape index (κ1) is 28.3. The number of carbonyl (C=O) groups excluding carboxylic acids is 1. The summed E-state index contributed by atoms with van der Waals surface area (Å²) in [5.41, 5.74) is 5.29. The van der Waals surface area contributed by atoms with Gasteiger partial charge in [0.05, 0.1) is 17.9 Å². The van der Waals surface area contributed by atoms with Crippen LogP contribution in [-0.2, 0) is 32.5 Å². The average molecular weight is 546 g/mol. The summed E-state index contributed by atoms with van der Waals surface area (Å²) < 4.78 is 34.8. The molecular formula is C31H35N3O4S. The number of esters is 1. The van der Waals surface area contributed by atoms with Crippen molar-refractivity contribution in [2.75, 3.05) is 32.1 Å². The van der Waals surface area contributed by atoms with E-state index in [0.717, 1.165) is 38.9 Å². The molecular weight excluding hydrogens is 510 g/mol. The number of hydrogen-bond acceptors (Lipinski definition) is 6. The zero-order valence-corrected chi connectivity index (χ0v) is 24.0. The minimum absolute atomic E-state index is 0.126. The smallest absolute Gasteiger partial charge is 0.310 e. The van der Waals surface area contributed by atoms with E-state index in [1.165, 1.54) is 4.31 Å². The number of sulfonamides is 1. The Balaban J connectivity index is 1.74. The molecule has 0 unspecified atom stereocenters. The van der Waals surface area contributed by atoms with E-state index in [-0.39, 0.29) is 23.8 Å². The molecule has 0 spiro atoms. The normalized spacial score (nSPS) is 11.6. The van der Waals surface area contributed by atoms with Gasteiger partial charge in [-0.2, -0.15) is 4.31 Å². The van der Waals surface area contributed by atoms with Gasteiger partial charge in [0.1, 0.15) is 0 Å². The molecule has 0 aliphatic heterocycles. The fourth-order valence-electron chi connectivity index (χ4n) is 4.82. The summed E-state index contributed by atoms with van der Waals surface area (Å²) in [4.78, 5) is 18.6. The van der Waals surface area contributed by atoms with E-state index < -0.39 is 10.0 Å². The quantitative estimate of drug-likeness (QED) is 0.242. The first-order valence-corrected chi connectivity index (χ1v) is 14.5. The molecule has 0 aliphatic carbocycles. The van der Waals surface area contributed by atoms with Crippen LogP contribution in [0.15, 0.2) is 78.0 Å². The predicted octanol–water partition coefficient (Wildman–Crippen LogP) is 5.59. The number of benzene rings is 3. The summed E-state index contributed by atoms with van der Waals surface area (Å²) in [5.74, 6) is -0.309. The van der Waals surface area contributed by atoms with Crippen molar-refractivity contribution in [1.82, 2.24) is 9.29 Å². The van der Waals surface area contributed by atoms with Crippen molar-refractivity contribution in [2.45, 2.75) is 38.6 Å². The first-order valence-electron chi connectivity index (χ1n) is 13.0. The number of rotatable bonds is 10. The molecule has 204 valence electrons. The van der Waals surface area contributed by atoms with Crippen LogP contribution >= 0.6 is 0 Å². The third-order valence-electron chi connectivity index (χ3n) is 6.68. The van der Waals surface area contributed by atoms with Gasteiger partial charge in [0.25, 0.3) is 0 Å². The number of aryl methyl sites for hydroxylation is 1. The molecule has 0 bridgehead atoms. The molecule has 0 N–H and O–H groups in total. The van der Waals surface area contributed by atoms with E-state index in [1.807, 2.05) is 81.4 Å². The first-order chi connectivity index (χ1) is 18.6. The minimum Gasteiger partial charge on any atom is -0.466 e. The van der Waals surface area contributed by atoms with Gasteiger partial charge in [0, 0.05) is 61.6 Å². The lowest BCUT2D eigenvalue weighted by Crippen LogP contribution is -2.31. The molecule has 0 saturated heterocycles. The molecule has 0 fully saturated rings. The minimum atomic E-state index is -3.82. The Morgan fingerprint density at radius 2 is 1.69 bits per heavy atom. The van der Waals surface area contributed by atoms with Gasteiger partial charge in [-0.25, -0.2) is 8.42 Å². The monoisotopic (exact) mass is 545 g/mol. The third-order valence-corrected chi connectivity index (χ3v) is 8.66. The lowest BCUT2D eigenvalue weighted by molar-refractivity contribution is -0.142. The highest BCUT2D eigenvalue weighted by molar-refractivity contribution is 7.89. The molecule has 8 heteroatoms. The Bertz CT molecular complexity index is 1600. The Labute approximate surface area is 231 Å². The summed E-state index contributed by atoms with van der Waals surface area (Å²) in [6, 6.07) is 19.1. The standard InChI is InChI=1S/C31H35N3O4S/c1-6-34(39(36,37)30-13-9-10-27-28(30)11-8-12-29(27)33(4)5)21-25-16-22(3)14-15-26(25)24-17-23(19-32-20-24)18-31(35)38-7-2/h8-17,19-20H,6-7,18,21H2,1-5H3. The second kappa shape index (κ2) is 12.0. The van der Waals surface area contributed by atoms with Crippen LogP contribution in [0.2, 0.25) is 0 Å². The van der Waals surface area contributed by atoms with Crippen LogP contribution in [0.5, 0.6) is 0 Å². The van der Waals surface area contributed by atoms with Crippen LogP contribution in [0.25, 0.3) is 21.9 Å². The molecule has 1 aromatic heterocycles. The van der Waals surface area contributed by atoms with Crippen molar-refractivity contribution in [3.8, 4) is 11.1 Å². The Hall–Kier alpha value is -3.75. The van der Waals surface area contributed by atoms with Gasteiger partial charge in [0.2, 0.25) is 10.0 Å². The van der Waals surface area contributed by atoms with Crippen molar-refractivity contribution < 1.29 is 17.9 Å². The number of ether oxygens (including phenoxy) is 1. The molecule has 4 aromatic rings. The van der Waals surface area contributed by atoms with Crippen molar-refractivity contribution in [3.05, 3.63) is 89.7 Å². The molecule has 39 heavy (non-hydrogen) atoms. The Kier molecular flexibility index (Phi) is 8.67. The van der Waals surface area contributed by atoms with Crippen LogP contribution in [-0.4, -0.2) is 50.9 Å². The Morgan fingerprint density at radius 3 is 2.41 bits per heavy atom. The fourth-order valence-corrected chi connectivity index (χ4v) is 6.45. The summed E-state index contributed by atoms with van der Waals surface area (Å²) in [7, 11) is 0.0745. The highest BCUT2D eigenvalue weighted by Gasteiger charge is 2.27. The summed E-state index contributed by atoms with van der Waals surface area (Å²) in [6.07, 6.45) is 3.52. The van der Waals surface area contributed by atoms with Crippen LogP contribution in [0.1, 0.15) is 30.5 Å². The van der Waals surface area contributed by atoms with E-state index in [0.29, 0.717) is 18.5 Å². The van der Waals surface area contributed by atoms with E-state index in [2.05, 4.69) is 4.98 Å². The topological polar surface area (TPSA) is 79.8 Å². The highest BCUT2D eigenvalue weighted by atomic mass is 32.2. The van der Waals surface area contributed by atoms with Gasteiger partial charge >= 0.3 is 5.97 Å². The van der Waals surface area contributed by atoms with Crippen LogP contribution < -0.4 is 4.90 Å². The van der Waals surface area contributed by atoms with Gasteiger partial charge in [-0.15, -0.1) is 0 Å². The molecule has 4 rings (SSSR count). The van der Waals surface area contributed by atoms with Crippen LogP contribution in [0, 0.1) is 6.92 Å². The predicted molar refractivity (Wildman–Crippen MR) is 156 cm³/mol. The number of nitrogens with zero attached hydrogens (tertiary/aromatic N) is 3. The van der Waals surface area contributed by atoms with Gasteiger partial charge < -0.3 is 9.64 Å². The van der Waals surface area contributed by atoms with E-state index in [4.69, 9.17) is 4.74 Å². The number of hydrogen-bond donors (Lipinski definition) is 0. The molecule has 0 saturated carbocycles. The molecule has 0 radical (unpaired) electrons. The number of fused-ring (bicyclic) bond motifs is 1. The summed E-state index contributed by atoms with van der Waals surface area (Å²) in [5, 5.41) is 1.59. The van der Waals surface area contributed by atoms with Crippen LogP contribution in [0.3, 0.4) is 0 Å². The maximum atomic E-state index is 14.1. The summed E-state index contributed by atoms with van der Waals surface area (Å²) in [6.45, 7) is 6.44. The SMILES string of the molecule is CCOC(=O)Cc1cncc(-c2ccc(C)cc2CN(CC)S(=O)(=O)c2cccc3c(N(C)C)cccc23)c1. The number of aromatic nitrogens is 1. The molecule has 0 amide bonds. The van der Waals surface area contributed by atoms with Crippen molar-refractivity contribution >= 4 is 32.5 Å². The average Bonchev–Trinajstić information content (AvgIpc) is 2.91. The van der Waals surface area contributed by atoms with Crippen molar-refractivity contribution in [3.63, 3.8) is 0 Å². The van der Waals surface area contributed by atoms with Crippen molar-refractivity contribution in [2.24, 2.45) is 0 Å². The number of pyridine rings is 1. The third kappa shape index (κ3) is 6.13. The van der Waals surface area contributed by atoms with Gasteiger partial charge in [-0.3, -0.25) is 9.78 Å². The van der Waals surface area contributed by atoms with Gasteiger partial charge in [-0.05, 0) is 48.7 Å². The lowest BCUT2D eigenvalue weighted by atomic mass is 9.97. The zero-order valence-electron chi connectivity index (χ0n) is 23.1. The molecule has 0 aliphatic rings. The molecule has 3 aromatic carbocycles. The largest absolute Gasteiger partial charge is 0.466 e. The fraction of sp³-hybridized carbons (Fsp3) is 0.290. The molecule has 0 atom stereocenters. The molecule has 1 heterocycles.